The van der Waals surface area contributed by atoms with E-state index in [-0.39, 0.29) is 6.92 Å². The van der Waals surface area contributed by atoms with Gasteiger partial charge in [0.05, 0.1) is 0 Å². The molecule has 0 saturated carbocycles. The van der Waals surface area contributed by atoms with Gasteiger partial charge in [0.15, 0.2) is 0 Å². The number of fused-ring (bicyclic) bond motifs is 1. The molecular weight excluding hydrogens is 223 g/mol. The number of rotatable bonds is 2. The van der Waals surface area contributed by atoms with Gasteiger partial charge in [-0.1, -0.05) is 54.1 Å². The number of aryl methyl sites for hydroxylation is 1. The van der Waals surface area contributed by atoms with Crippen molar-refractivity contribution in [3.63, 3.8) is 0 Å². The Labute approximate surface area is 107 Å². The first kappa shape index (κ1) is 11.5. The summed E-state index contributed by atoms with van der Waals surface area (Å²) in [6.45, 7) is -0.372. The third-order valence-corrected chi connectivity index (χ3v) is 3.65. The number of benzene rings is 2. The molecule has 1 atom stereocenters. The molecule has 0 bridgehead atoms. The maximum Gasteiger partial charge on any atom is 0.324 e. The number of aliphatic hydroxyl groups is 1. The van der Waals surface area contributed by atoms with Crippen LogP contribution in [0.25, 0.3) is 0 Å². The van der Waals surface area contributed by atoms with Gasteiger partial charge in [-0.3, -0.25) is 0 Å². The zero-order valence-corrected chi connectivity index (χ0v) is 10.1. The smallest absolute Gasteiger partial charge is 0.324 e. The molecule has 1 aliphatic heterocycles. The van der Waals surface area contributed by atoms with Crippen molar-refractivity contribution in [1.29, 1.82) is 0 Å². The highest BCUT2D eigenvalue weighted by molar-refractivity contribution is 6.68. The Morgan fingerprint density at radius 2 is 1.78 bits per heavy atom. The summed E-state index contributed by atoms with van der Waals surface area (Å²) in [5, 5.41) is 20.2. The highest BCUT2D eigenvalue weighted by atomic mass is 16.3. The lowest BCUT2D eigenvalue weighted by atomic mass is 9.63. The van der Waals surface area contributed by atoms with Crippen molar-refractivity contribution in [2.75, 3.05) is 0 Å². The highest BCUT2D eigenvalue weighted by Crippen LogP contribution is 2.23. The normalized spacial score (nSPS) is 15.6. The Hall–Kier alpha value is -1.58. The Morgan fingerprint density at radius 3 is 2.56 bits per heavy atom. The van der Waals surface area contributed by atoms with Crippen LogP contribution < -0.4 is 5.46 Å². The van der Waals surface area contributed by atoms with Gasteiger partial charge in [-0.2, -0.15) is 0 Å². The van der Waals surface area contributed by atoms with Crippen molar-refractivity contribution >= 4 is 12.4 Å². The van der Waals surface area contributed by atoms with Crippen LogP contribution in [0.4, 0.5) is 0 Å². The van der Waals surface area contributed by atoms with Gasteiger partial charge in [-0.05, 0) is 29.3 Å². The molecule has 2 N–H and O–H groups in total. The van der Waals surface area contributed by atoms with Gasteiger partial charge in [0.25, 0.3) is 0 Å². The summed E-state index contributed by atoms with van der Waals surface area (Å²) in [6, 6.07) is 15.5. The van der Waals surface area contributed by atoms with E-state index in [0.29, 0.717) is 0 Å². The van der Waals surface area contributed by atoms with Crippen LogP contribution in [0, 0.1) is 0 Å². The molecule has 3 heteroatoms. The highest BCUT2D eigenvalue weighted by Gasteiger charge is 2.25. The minimum atomic E-state index is -0.621. The Balaban J connectivity index is 1.96. The van der Waals surface area contributed by atoms with Crippen LogP contribution in [-0.2, 0) is 6.42 Å². The second-order valence-electron chi connectivity index (χ2n) is 4.83. The first-order valence-electron chi connectivity index (χ1n) is 6.29. The van der Waals surface area contributed by atoms with Crippen molar-refractivity contribution in [3.05, 3.63) is 65.2 Å². The topological polar surface area (TPSA) is 40.5 Å². The van der Waals surface area contributed by atoms with Gasteiger partial charge in [0.1, 0.15) is 6.10 Å². The molecule has 0 fully saturated rings. The molecule has 0 amide bonds. The van der Waals surface area contributed by atoms with Gasteiger partial charge in [0.2, 0.25) is 0 Å². The minimum absolute atomic E-state index is 0.372. The van der Waals surface area contributed by atoms with Gasteiger partial charge in [-0.25, -0.2) is 0 Å². The lowest BCUT2D eigenvalue weighted by Crippen LogP contribution is -2.26. The molecule has 2 aromatic carbocycles. The third-order valence-electron chi connectivity index (χ3n) is 3.65. The molecule has 1 heterocycles. The van der Waals surface area contributed by atoms with Crippen LogP contribution in [0.15, 0.2) is 48.5 Å². The van der Waals surface area contributed by atoms with E-state index in [0.717, 1.165) is 29.3 Å². The van der Waals surface area contributed by atoms with E-state index in [1.165, 1.54) is 5.56 Å². The van der Waals surface area contributed by atoms with E-state index >= 15 is 0 Å². The lowest BCUT2D eigenvalue weighted by molar-refractivity contribution is 0.220. The van der Waals surface area contributed by atoms with E-state index in [9.17, 15) is 10.1 Å². The average molecular weight is 238 g/mol. The minimum Gasteiger partial charge on any atom is -0.446 e. The SMILES string of the molecule is OB1CCc2ccc(C(O)c3ccccc3)cc21. The lowest BCUT2D eigenvalue weighted by Gasteiger charge is -2.13. The van der Waals surface area contributed by atoms with Crippen molar-refractivity contribution < 1.29 is 10.1 Å². The molecule has 0 spiro atoms. The number of hydrogen-bond donors (Lipinski definition) is 2. The predicted molar refractivity (Wildman–Crippen MR) is 73.1 cm³/mol. The largest absolute Gasteiger partial charge is 0.446 e. The van der Waals surface area contributed by atoms with Crippen molar-refractivity contribution in [1.82, 2.24) is 0 Å². The van der Waals surface area contributed by atoms with E-state index in [1.54, 1.807) is 0 Å². The third kappa shape index (κ3) is 1.96. The maximum atomic E-state index is 10.3. The molecule has 0 aromatic heterocycles. The van der Waals surface area contributed by atoms with E-state index < -0.39 is 6.10 Å². The monoisotopic (exact) mass is 238 g/mol. The maximum absolute atomic E-state index is 10.3. The summed E-state index contributed by atoms with van der Waals surface area (Å²) >= 11 is 0. The predicted octanol–water partition coefficient (Wildman–Crippen LogP) is 1.52. The second-order valence-corrected chi connectivity index (χ2v) is 4.83. The molecule has 2 nitrogen and oxygen atoms in total. The molecule has 1 aliphatic rings. The summed E-state index contributed by atoms with van der Waals surface area (Å²) in [5.74, 6) is 0. The van der Waals surface area contributed by atoms with Crippen LogP contribution in [0.1, 0.15) is 22.8 Å². The molecule has 90 valence electrons. The van der Waals surface area contributed by atoms with Gasteiger partial charge >= 0.3 is 6.92 Å². The van der Waals surface area contributed by atoms with Crippen LogP contribution in [0.5, 0.6) is 0 Å². The van der Waals surface area contributed by atoms with Gasteiger partial charge in [0, 0.05) is 0 Å². The van der Waals surface area contributed by atoms with Crippen LogP contribution >= 0.6 is 0 Å². The quantitative estimate of drug-likeness (QED) is 0.778. The number of aliphatic hydroxyl groups excluding tert-OH is 1. The Morgan fingerprint density at radius 1 is 1.00 bits per heavy atom. The van der Waals surface area contributed by atoms with Crippen molar-refractivity contribution in [2.24, 2.45) is 0 Å². The fourth-order valence-corrected chi connectivity index (χ4v) is 2.60. The zero-order chi connectivity index (χ0) is 12.5. The summed E-state index contributed by atoms with van der Waals surface area (Å²) in [4.78, 5) is 0. The van der Waals surface area contributed by atoms with Gasteiger partial charge in [-0.15, -0.1) is 0 Å². The Kier molecular flexibility index (Phi) is 2.94. The molecular formula is C15H15BO2. The standard InChI is InChI=1S/C15H15BO2/c17-15(12-4-2-1-3-5-12)13-7-6-11-8-9-16(18)14(11)10-13/h1-7,10,15,17-18H,8-9H2. The van der Waals surface area contributed by atoms with Crippen LogP contribution in [-0.4, -0.2) is 17.0 Å². The molecule has 0 aliphatic carbocycles. The van der Waals surface area contributed by atoms with Crippen LogP contribution in [0.3, 0.4) is 0 Å². The average Bonchev–Trinajstić information content (AvgIpc) is 2.80. The summed E-state index contributed by atoms with van der Waals surface area (Å²) in [7, 11) is 0. The summed E-state index contributed by atoms with van der Waals surface area (Å²) in [6.07, 6.45) is 1.10. The second kappa shape index (κ2) is 4.60. The first-order valence-corrected chi connectivity index (χ1v) is 6.29. The van der Waals surface area contributed by atoms with Crippen molar-refractivity contribution in [3.8, 4) is 0 Å². The Bertz CT molecular complexity index is 554. The fraction of sp³-hybridized carbons (Fsp3) is 0.200. The van der Waals surface area contributed by atoms with E-state index in [4.69, 9.17) is 0 Å². The fourth-order valence-electron chi connectivity index (χ4n) is 2.60. The zero-order valence-electron chi connectivity index (χ0n) is 10.1. The molecule has 2 aromatic rings. The molecule has 0 radical (unpaired) electrons. The molecule has 3 rings (SSSR count). The molecule has 0 saturated heterocycles. The van der Waals surface area contributed by atoms with E-state index in [1.807, 2.05) is 48.5 Å². The first-order chi connectivity index (χ1) is 8.75. The van der Waals surface area contributed by atoms with Crippen LogP contribution in [0.2, 0.25) is 6.32 Å². The molecule has 18 heavy (non-hydrogen) atoms. The van der Waals surface area contributed by atoms with Crippen molar-refractivity contribution in [2.45, 2.75) is 18.8 Å². The van der Waals surface area contributed by atoms with Gasteiger partial charge < -0.3 is 10.1 Å². The number of hydrogen-bond acceptors (Lipinski definition) is 2. The summed E-state index contributed by atoms with van der Waals surface area (Å²) in [5.41, 5.74) is 3.90. The molecule has 1 unspecified atom stereocenters. The summed E-state index contributed by atoms with van der Waals surface area (Å²) < 4.78 is 0. The van der Waals surface area contributed by atoms with E-state index in [2.05, 4.69) is 0 Å².